The second kappa shape index (κ2) is 8.43. The van der Waals surface area contributed by atoms with Gasteiger partial charge in [0, 0.05) is 30.7 Å². The number of rotatable bonds is 7. The maximum atomic E-state index is 12.5. The van der Waals surface area contributed by atoms with Crippen LogP contribution < -0.4 is 21.1 Å². The third-order valence-corrected chi connectivity index (χ3v) is 4.14. The predicted octanol–water partition coefficient (Wildman–Crippen LogP) is 0.766. The minimum atomic E-state index is -0.541. The monoisotopic (exact) mass is 362 g/mol. The molecule has 1 saturated heterocycles. The van der Waals surface area contributed by atoms with Gasteiger partial charge in [-0.15, -0.1) is 4.59 Å². The van der Waals surface area contributed by atoms with Gasteiger partial charge in [-0.1, -0.05) is 0 Å². The summed E-state index contributed by atoms with van der Waals surface area (Å²) in [5.41, 5.74) is 9.30. The Balaban J connectivity index is 2.07. The van der Waals surface area contributed by atoms with E-state index in [1.807, 2.05) is 0 Å². The van der Waals surface area contributed by atoms with Crippen molar-refractivity contribution in [1.29, 1.82) is 5.41 Å². The molecule has 1 fully saturated rings. The van der Waals surface area contributed by atoms with E-state index in [4.69, 9.17) is 15.9 Å². The number of urea groups is 1. The third kappa shape index (κ3) is 4.37. The van der Waals surface area contributed by atoms with Crippen LogP contribution in [0.25, 0.3) is 0 Å². The fourth-order valence-corrected chi connectivity index (χ4v) is 2.86. The smallest absolute Gasteiger partial charge is 0.359 e. The van der Waals surface area contributed by atoms with E-state index < -0.39 is 12.0 Å². The summed E-state index contributed by atoms with van der Waals surface area (Å²) in [6, 6.07) is 6.10. The van der Waals surface area contributed by atoms with E-state index >= 15 is 0 Å². The fraction of sp³-hybridized carbons (Fsp3) is 0.412. The van der Waals surface area contributed by atoms with Crippen LogP contribution in [0.1, 0.15) is 31.7 Å². The van der Waals surface area contributed by atoms with Gasteiger partial charge in [0.05, 0.1) is 19.4 Å². The molecule has 1 atom stereocenters. The summed E-state index contributed by atoms with van der Waals surface area (Å²) >= 11 is 0. The van der Waals surface area contributed by atoms with Crippen molar-refractivity contribution in [2.24, 2.45) is 5.73 Å². The van der Waals surface area contributed by atoms with Gasteiger partial charge in [0.2, 0.25) is 0 Å². The van der Waals surface area contributed by atoms with Gasteiger partial charge in [0.15, 0.2) is 5.69 Å². The van der Waals surface area contributed by atoms with Crippen LogP contribution in [0.4, 0.5) is 10.5 Å². The maximum Gasteiger partial charge on any atom is 0.359 e. The number of nitrogens with one attached hydrogen (secondary N) is 3. The molecule has 0 saturated carbocycles. The number of nitrogen functional groups attached to an aromatic ring is 1. The molecule has 3 amide bonds. The lowest BCUT2D eigenvalue weighted by atomic mass is 10.2. The van der Waals surface area contributed by atoms with Crippen molar-refractivity contribution < 1.29 is 19.1 Å². The number of carbonyl (C=O) groups is 3. The van der Waals surface area contributed by atoms with Crippen LogP contribution in [0.3, 0.4) is 0 Å². The first-order valence-electron chi connectivity index (χ1n) is 8.47. The van der Waals surface area contributed by atoms with Gasteiger partial charge in [-0.2, -0.15) is 5.43 Å². The summed E-state index contributed by atoms with van der Waals surface area (Å²) in [5, 5.41) is 10.0. The van der Waals surface area contributed by atoms with Gasteiger partial charge in [0.25, 0.3) is 0 Å². The zero-order valence-electron chi connectivity index (χ0n) is 14.7. The predicted molar refractivity (Wildman–Crippen MR) is 96.1 cm³/mol. The van der Waals surface area contributed by atoms with E-state index in [1.54, 1.807) is 31.2 Å². The molecule has 0 aromatic heterocycles. The summed E-state index contributed by atoms with van der Waals surface area (Å²) in [6.45, 7) is 2.55. The number of nitrogens with zero attached hydrogens (tertiary/aromatic N) is 1. The average Bonchev–Trinajstić information content (AvgIpc) is 2.96. The molecule has 26 heavy (non-hydrogen) atoms. The Hall–Kier alpha value is -2.94. The second-order valence-corrected chi connectivity index (χ2v) is 5.91. The second-order valence-electron chi connectivity index (χ2n) is 5.91. The number of ether oxygens (including phenoxy) is 1. The Morgan fingerprint density at radius 3 is 2.54 bits per heavy atom. The fourth-order valence-electron chi connectivity index (χ4n) is 2.86. The maximum absolute atomic E-state index is 12.5. The highest BCUT2D eigenvalue weighted by atomic mass is 16.5. The van der Waals surface area contributed by atoms with Crippen LogP contribution in [0.5, 0.6) is 0 Å². The number of amides is 3. The molecule has 1 aliphatic rings. The molecule has 1 heterocycles. The van der Waals surface area contributed by atoms with E-state index in [-0.39, 0.29) is 35.9 Å². The topological polar surface area (TPSA) is 134 Å². The Bertz CT molecular complexity index is 704. The van der Waals surface area contributed by atoms with E-state index in [1.165, 1.54) is 0 Å². The molecule has 140 valence electrons. The van der Waals surface area contributed by atoms with Crippen molar-refractivity contribution in [2.45, 2.75) is 26.2 Å². The molecule has 0 bridgehead atoms. The minimum absolute atomic E-state index is 0.0581. The number of quaternary nitrogens is 1. The zero-order valence-corrected chi connectivity index (χ0v) is 14.7. The van der Waals surface area contributed by atoms with Crippen LogP contribution in [0, 0.1) is 5.41 Å². The van der Waals surface area contributed by atoms with Crippen LogP contribution >= 0.6 is 0 Å². The first-order chi connectivity index (χ1) is 12.4. The largest absolute Gasteiger partial charge is 0.466 e. The third-order valence-electron chi connectivity index (χ3n) is 4.14. The summed E-state index contributed by atoms with van der Waals surface area (Å²) < 4.78 is 4.50. The van der Waals surface area contributed by atoms with Gasteiger partial charge in [-0.3, -0.25) is 10.2 Å². The highest BCUT2D eigenvalue weighted by molar-refractivity contribution is 5.96. The molecule has 0 aliphatic carbocycles. The number of hydrogen-bond donors (Lipinski definition) is 4. The molecule has 2 rings (SSSR count). The molecular weight excluding hydrogens is 338 g/mol. The Kier molecular flexibility index (Phi) is 6.29. The zero-order chi connectivity index (χ0) is 19.2. The molecule has 1 aromatic rings. The lowest BCUT2D eigenvalue weighted by Gasteiger charge is -2.30. The summed E-state index contributed by atoms with van der Waals surface area (Å²) in [5.74, 6) is -0.588. The quantitative estimate of drug-likeness (QED) is 0.246. The summed E-state index contributed by atoms with van der Waals surface area (Å²) in [6.07, 6.45) is 1.07. The van der Waals surface area contributed by atoms with E-state index in [0.29, 0.717) is 30.6 Å². The van der Waals surface area contributed by atoms with E-state index in [2.05, 4.69) is 10.7 Å². The SMILES string of the molecule is CCOC(=O)CCNC(=O)N[N+]1(c2ccc(C(=N)N)cc2)CCCC1=O. The molecule has 0 spiro atoms. The highest BCUT2D eigenvalue weighted by Crippen LogP contribution is 2.28. The van der Waals surface area contributed by atoms with Crippen molar-refractivity contribution in [3.8, 4) is 0 Å². The van der Waals surface area contributed by atoms with Crippen molar-refractivity contribution in [3.05, 3.63) is 29.8 Å². The first kappa shape index (κ1) is 19.4. The highest BCUT2D eigenvalue weighted by Gasteiger charge is 2.45. The number of amidine groups is 1. The van der Waals surface area contributed by atoms with Gasteiger partial charge >= 0.3 is 17.9 Å². The van der Waals surface area contributed by atoms with Crippen molar-refractivity contribution in [2.75, 3.05) is 19.7 Å². The Morgan fingerprint density at radius 1 is 1.31 bits per heavy atom. The van der Waals surface area contributed by atoms with Crippen LogP contribution in [-0.4, -0.2) is 43.4 Å². The molecule has 1 aromatic carbocycles. The van der Waals surface area contributed by atoms with Crippen molar-refractivity contribution in [3.63, 3.8) is 0 Å². The number of esters is 1. The minimum Gasteiger partial charge on any atom is -0.466 e. The van der Waals surface area contributed by atoms with Gasteiger partial charge in [-0.05, 0) is 19.1 Å². The Labute approximate surface area is 151 Å². The van der Waals surface area contributed by atoms with E-state index in [0.717, 1.165) is 0 Å². The molecule has 0 radical (unpaired) electrons. The first-order valence-corrected chi connectivity index (χ1v) is 8.47. The number of nitrogens with two attached hydrogens (primary N) is 1. The normalized spacial score (nSPS) is 19.0. The lowest BCUT2D eigenvalue weighted by Crippen LogP contribution is -2.64. The molecule has 1 unspecified atom stereocenters. The molecule has 1 aliphatic heterocycles. The summed E-state index contributed by atoms with van der Waals surface area (Å²) in [4.78, 5) is 36.1. The molecule has 9 heteroatoms. The van der Waals surface area contributed by atoms with Crippen LogP contribution in [-0.2, 0) is 14.3 Å². The van der Waals surface area contributed by atoms with Gasteiger partial charge in [0.1, 0.15) is 12.4 Å². The standard InChI is InChI=1S/C17H23N5O4/c1-2-26-15(24)9-10-20-17(25)21-22(11-3-4-14(22)23)13-7-5-12(6-8-13)16(18)19/h5-8H,2-4,9-11H2,1H3,(H4-,18,19,20,21,25)/p+1. The van der Waals surface area contributed by atoms with Gasteiger partial charge in [-0.25, -0.2) is 9.59 Å². The van der Waals surface area contributed by atoms with Crippen LogP contribution in [0.2, 0.25) is 0 Å². The Morgan fingerprint density at radius 2 is 2.00 bits per heavy atom. The molecule has 5 N–H and O–H groups in total. The van der Waals surface area contributed by atoms with E-state index in [9.17, 15) is 14.4 Å². The van der Waals surface area contributed by atoms with Gasteiger partial charge < -0.3 is 15.8 Å². The average molecular weight is 362 g/mol. The van der Waals surface area contributed by atoms with Crippen molar-refractivity contribution >= 4 is 29.4 Å². The molecular formula is C17H24N5O4+. The number of carbonyl (C=O) groups excluding carboxylic acids is 3. The molecule has 9 nitrogen and oxygen atoms in total. The van der Waals surface area contributed by atoms with Crippen LogP contribution in [0.15, 0.2) is 24.3 Å². The lowest BCUT2D eigenvalue weighted by molar-refractivity contribution is -0.143. The number of benzene rings is 1. The summed E-state index contributed by atoms with van der Waals surface area (Å²) in [7, 11) is 0. The van der Waals surface area contributed by atoms with Crippen molar-refractivity contribution in [1.82, 2.24) is 15.3 Å². The number of hydrogen-bond acceptors (Lipinski definition) is 5.